The molecule has 2 aromatic carbocycles. The molecule has 1 N–H and O–H groups in total. The van der Waals surface area contributed by atoms with Crippen LogP contribution in [-0.4, -0.2) is 17.8 Å². The quantitative estimate of drug-likeness (QED) is 0.829. The summed E-state index contributed by atoms with van der Waals surface area (Å²) in [6, 6.07) is 11.3. The van der Waals surface area contributed by atoms with Gasteiger partial charge in [-0.1, -0.05) is 23.7 Å². The molecular weight excluding hydrogens is 324 g/mol. The highest BCUT2D eigenvalue weighted by Gasteiger charge is 2.32. The molecule has 4 nitrogen and oxygen atoms in total. The Morgan fingerprint density at radius 1 is 0.958 bits per heavy atom. The predicted octanol–water partition coefficient (Wildman–Crippen LogP) is 4.67. The number of fused-ring (bicyclic) bond motifs is 1. The van der Waals surface area contributed by atoms with Gasteiger partial charge in [0.15, 0.2) is 11.6 Å². The summed E-state index contributed by atoms with van der Waals surface area (Å²) >= 11 is 6.08. The molecular formula is C19H13ClN2O2. The average Bonchev–Trinajstić information content (AvgIpc) is 3.20. The minimum Gasteiger partial charge on any atom is -0.355 e. The van der Waals surface area contributed by atoms with Crippen molar-refractivity contribution in [3.8, 4) is 0 Å². The number of hydrogen-bond acceptors (Lipinski definition) is 4. The lowest BCUT2D eigenvalue weighted by atomic mass is 10.0. The average molecular weight is 337 g/mol. The molecule has 0 aromatic heterocycles. The van der Waals surface area contributed by atoms with Gasteiger partial charge in [0.2, 0.25) is 0 Å². The first-order chi connectivity index (χ1) is 11.6. The number of benzene rings is 2. The maximum Gasteiger partial charge on any atom is 0.173 e. The Hall–Kier alpha value is -2.72. The molecule has 1 heterocycles. The number of Topliss-reactive ketones (excluding diaryl/α,β-unsaturated/α-hetero) is 2. The van der Waals surface area contributed by atoms with E-state index in [1.54, 1.807) is 12.1 Å². The van der Waals surface area contributed by atoms with Gasteiger partial charge in [0.05, 0.1) is 22.7 Å². The summed E-state index contributed by atoms with van der Waals surface area (Å²) in [5.74, 6) is -0.406. The number of anilines is 2. The van der Waals surface area contributed by atoms with Gasteiger partial charge >= 0.3 is 0 Å². The summed E-state index contributed by atoms with van der Waals surface area (Å²) in [5.41, 5.74) is 4.47. The molecule has 0 radical (unpaired) electrons. The summed E-state index contributed by atoms with van der Waals surface area (Å²) in [5, 5.41) is 3.55. The molecule has 2 aromatic rings. The number of aliphatic imine (C=N–C) groups is 1. The van der Waals surface area contributed by atoms with Crippen LogP contribution in [0, 0.1) is 0 Å². The molecule has 0 fully saturated rings. The second-order valence-corrected chi connectivity index (χ2v) is 6.17. The summed E-state index contributed by atoms with van der Waals surface area (Å²) < 4.78 is 0. The third kappa shape index (κ3) is 2.45. The van der Waals surface area contributed by atoms with Crippen LogP contribution in [0.1, 0.15) is 39.1 Å². The van der Waals surface area contributed by atoms with Crippen LogP contribution < -0.4 is 5.32 Å². The molecule has 118 valence electrons. The Bertz CT molecular complexity index is 927. The SMILES string of the molecule is O=C1CC(=O)c2c(Nc3ccc(C4=CN=CC4)cc3)ccc(Cl)c21. The normalized spacial score (nSPS) is 15.6. The molecule has 4 rings (SSSR count). The molecule has 0 atom stereocenters. The predicted molar refractivity (Wildman–Crippen MR) is 95.5 cm³/mol. The lowest BCUT2D eigenvalue weighted by molar-refractivity contribution is 0.0923. The van der Waals surface area contributed by atoms with Crippen LogP contribution in [0.3, 0.4) is 0 Å². The first kappa shape index (κ1) is 14.8. The lowest BCUT2D eigenvalue weighted by Crippen LogP contribution is -2.00. The van der Waals surface area contributed by atoms with Gasteiger partial charge in [-0.25, -0.2) is 0 Å². The van der Waals surface area contributed by atoms with Crippen LogP contribution in [-0.2, 0) is 0 Å². The minimum absolute atomic E-state index is 0.110. The summed E-state index contributed by atoms with van der Waals surface area (Å²) in [7, 11) is 0. The van der Waals surface area contributed by atoms with Crippen LogP contribution in [0.15, 0.2) is 47.6 Å². The second-order valence-electron chi connectivity index (χ2n) is 5.76. The molecule has 0 amide bonds. The zero-order chi connectivity index (χ0) is 16.7. The Morgan fingerprint density at radius 2 is 1.71 bits per heavy atom. The number of hydrogen-bond donors (Lipinski definition) is 1. The van der Waals surface area contributed by atoms with Crippen molar-refractivity contribution in [1.82, 2.24) is 0 Å². The van der Waals surface area contributed by atoms with E-state index in [9.17, 15) is 9.59 Å². The van der Waals surface area contributed by atoms with Crippen molar-refractivity contribution in [2.24, 2.45) is 4.99 Å². The smallest absolute Gasteiger partial charge is 0.173 e. The van der Waals surface area contributed by atoms with E-state index in [0.717, 1.165) is 17.7 Å². The third-order valence-corrected chi connectivity index (χ3v) is 4.53. The van der Waals surface area contributed by atoms with E-state index in [1.807, 2.05) is 36.7 Å². The maximum absolute atomic E-state index is 12.1. The fourth-order valence-corrected chi connectivity index (χ4v) is 3.29. The van der Waals surface area contributed by atoms with Crippen molar-refractivity contribution in [3.05, 3.63) is 64.3 Å². The van der Waals surface area contributed by atoms with Crippen molar-refractivity contribution < 1.29 is 9.59 Å². The monoisotopic (exact) mass is 336 g/mol. The van der Waals surface area contributed by atoms with Gasteiger partial charge in [-0.15, -0.1) is 0 Å². The van der Waals surface area contributed by atoms with Crippen LogP contribution in [0.5, 0.6) is 0 Å². The Labute approximate surface area is 143 Å². The summed E-state index contributed by atoms with van der Waals surface area (Å²) in [6.45, 7) is 0. The van der Waals surface area contributed by atoms with E-state index >= 15 is 0 Å². The highest BCUT2D eigenvalue weighted by Crippen LogP contribution is 2.35. The van der Waals surface area contributed by atoms with E-state index in [-0.39, 0.29) is 18.0 Å². The molecule has 2 aliphatic rings. The number of halogens is 1. The van der Waals surface area contributed by atoms with Crippen molar-refractivity contribution in [1.29, 1.82) is 0 Å². The van der Waals surface area contributed by atoms with E-state index in [4.69, 9.17) is 11.6 Å². The standard InChI is InChI=1S/C19H13ClN2O2/c20-14-5-6-15(19-17(24)9-16(23)18(14)19)22-13-3-1-11(2-4-13)12-7-8-21-10-12/h1-6,8,10,22H,7,9H2. The van der Waals surface area contributed by atoms with Gasteiger partial charge in [-0.2, -0.15) is 0 Å². The topological polar surface area (TPSA) is 58.5 Å². The van der Waals surface area contributed by atoms with Crippen molar-refractivity contribution >= 4 is 46.3 Å². The Morgan fingerprint density at radius 3 is 2.42 bits per heavy atom. The number of carbonyl (C=O) groups excluding carboxylic acids is 2. The third-order valence-electron chi connectivity index (χ3n) is 4.21. The first-order valence-corrected chi connectivity index (χ1v) is 7.98. The molecule has 0 bridgehead atoms. The maximum atomic E-state index is 12.1. The number of allylic oxidation sites excluding steroid dienone is 1. The first-order valence-electron chi connectivity index (χ1n) is 7.60. The van der Waals surface area contributed by atoms with Crippen LogP contribution >= 0.6 is 11.6 Å². The fraction of sp³-hybridized carbons (Fsp3) is 0.105. The van der Waals surface area contributed by atoms with E-state index in [2.05, 4.69) is 10.3 Å². The van der Waals surface area contributed by atoms with Crippen LogP contribution in [0.25, 0.3) is 5.57 Å². The largest absolute Gasteiger partial charge is 0.355 e. The zero-order valence-electron chi connectivity index (χ0n) is 12.7. The molecule has 0 saturated heterocycles. The molecule has 5 heteroatoms. The highest BCUT2D eigenvalue weighted by atomic mass is 35.5. The molecule has 24 heavy (non-hydrogen) atoms. The van der Waals surface area contributed by atoms with Crippen LogP contribution in [0.4, 0.5) is 11.4 Å². The number of nitrogens with one attached hydrogen (secondary N) is 1. The molecule has 0 saturated carbocycles. The van der Waals surface area contributed by atoms with E-state index < -0.39 is 0 Å². The van der Waals surface area contributed by atoms with E-state index in [0.29, 0.717) is 21.8 Å². The highest BCUT2D eigenvalue weighted by molar-refractivity contribution is 6.38. The summed E-state index contributed by atoms with van der Waals surface area (Å²) in [6.07, 6.45) is 4.47. The Kier molecular flexibility index (Phi) is 3.54. The van der Waals surface area contributed by atoms with Crippen molar-refractivity contribution in [2.45, 2.75) is 12.8 Å². The Balaban J connectivity index is 1.65. The summed E-state index contributed by atoms with van der Waals surface area (Å²) in [4.78, 5) is 28.2. The number of rotatable bonds is 3. The number of nitrogens with zero attached hydrogens (tertiary/aromatic N) is 1. The number of ketones is 2. The van der Waals surface area contributed by atoms with Gasteiger partial charge in [0.1, 0.15) is 0 Å². The molecule has 0 spiro atoms. The zero-order valence-corrected chi connectivity index (χ0v) is 13.4. The lowest BCUT2D eigenvalue weighted by Gasteiger charge is -2.12. The second kappa shape index (κ2) is 5.73. The van der Waals surface area contributed by atoms with E-state index in [1.165, 1.54) is 5.57 Å². The minimum atomic E-state index is -0.216. The van der Waals surface area contributed by atoms with Gasteiger partial charge in [-0.05, 0) is 35.4 Å². The molecule has 1 aliphatic carbocycles. The van der Waals surface area contributed by atoms with Crippen molar-refractivity contribution in [3.63, 3.8) is 0 Å². The fourth-order valence-electron chi connectivity index (χ4n) is 3.03. The van der Waals surface area contributed by atoms with Crippen LogP contribution in [0.2, 0.25) is 5.02 Å². The van der Waals surface area contributed by atoms with Gasteiger partial charge in [0, 0.05) is 30.1 Å². The number of carbonyl (C=O) groups is 2. The molecule has 0 unspecified atom stereocenters. The van der Waals surface area contributed by atoms with Crippen molar-refractivity contribution in [2.75, 3.05) is 5.32 Å². The van der Waals surface area contributed by atoms with Gasteiger partial charge in [-0.3, -0.25) is 14.6 Å². The van der Waals surface area contributed by atoms with Gasteiger partial charge in [0.25, 0.3) is 0 Å². The van der Waals surface area contributed by atoms with Gasteiger partial charge < -0.3 is 5.32 Å². The molecule has 1 aliphatic heterocycles.